The summed E-state index contributed by atoms with van der Waals surface area (Å²) in [6.07, 6.45) is 6.89. The molecule has 0 bridgehead atoms. The molecule has 1 aliphatic carbocycles. The largest absolute Gasteiger partial charge is 0.352 e. The summed E-state index contributed by atoms with van der Waals surface area (Å²) in [6, 6.07) is -0.110. The van der Waals surface area contributed by atoms with Crippen molar-refractivity contribution in [3.05, 3.63) is 17.5 Å². The highest BCUT2D eigenvalue weighted by Gasteiger charge is 2.36. The monoisotopic (exact) mass is 317 g/mol. The van der Waals surface area contributed by atoms with Gasteiger partial charge in [0.2, 0.25) is 5.91 Å². The maximum atomic E-state index is 13.0. The van der Waals surface area contributed by atoms with Gasteiger partial charge in [0.25, 0.3) is 5.91 Å². The Morgan fingerprint density at radius 1 is 1.26 bits per heavy atom. The zero-order valence-electron chi connectivity index (χ0n) is 13.3. The van der Waals surface area contributed by atoms with Gasteiger partial charge >= 0.3 is 0 Å². The number of carbonyl (C=O) groups is 2. The van der Waals surface area contributed by atoms with Crippen molar-refractivity contribution in [2.24, 2.45) is 0 Å². The van der Waals surface area contributed by atoms with Crippen molar-refractivity contribution in [3.63, 3.8) is 0 Å². The van der Waals surface area contributed by atoms with Crippen LogP contribution in [0.4, 0.5) is 0 Å². The molecule has 2 N–H and O–H groups in total. The molecule has 1 saturated carbocycles. The van der Waals surface area contributed by atoms with E-state index in [1.54, 1.807) is 11.1 Å². The fourth-order valence-corrected chi connectivity index (χ4v) is 3.46. The molecule has 7 heteroatoms. The number of carbonyl (C=O) groups excluding carboxylic acids is 2. The molecule has 1 aromatic heterocycles. The third-order valence-electron chi connectivity index (χ3n) is 4.94. The van der Waals surface area contributed by atoms with Crippen LogP contribution < -0.4 is 10.6 Å². The van der Waals surface area contributed by atoms with Crippen LogP contribution in [0, 0.1) is 0 Å². The number of fused-ring (bicyclic) bond motifs is 1. The van der Waals surface area contributed by atoms with Crippen molar-refractivity contribution in [2.75, 3.05) is 19.6 Å². The van der Waals surface area contributed by atoms with Crippen molar-refractivity contribution in [1.82, 2.24) is 25.3 Å². The fraction of sp³-hybridized carbons (Fsp3) is 0.688. The van der Waals surface area contributed by atoms with Gasteiger partial charge in [-0.25, -0.2) is 0 Å². The Hall–Kier alpha value is -1.89. The molecule has 4 rings (SSSR count). The van der Waals surface area contributed by atoms with Gasteiger partial charge in [-0.15, -0.1) is 0 Å². The van der Waals surface area contributed by atoms with E-state index in [1.807, 2.05) is 4.68 Å². The van der Waals surface area contributed by atoms with Crippen LogP contribution in [0.5, 0.6) is 0 Å². The van der Waals surface area contributed by atoms with Gasteiger partial charge in [-0.3, -0.25) is 14.3 Å². The molecule has 1 saturated heterocycles. The first kappa shape index (κ1) is 14.7. The predicted molar refractivity (Wildman–Crippen MR) is 84.0 cm³/mol. The van der Waals surface area contributed by atoms with Crippen molar-refractivity contribution >= 4 is 11.8 Å². The average Bonchev–Trinajstić information content (AvgIpc) is 3.30. The van der Waals surface area contributed by atoms with Crippen molar-refractivity contribution in [1.29, 1.82) is 0 Å². The van der Waals surface area contributed by atoms with Gasteiger partial charge in [-0.1, -0.05) is 0 Å². The maximum absolute atomic E-state index is 13.0. The highest BCUT2D eigenvalue weighted by Crippen LogP contribution is 2.22. The van der Waals surface area contributed by atoms with E-state index in [-0.39, 0.29) is 11.8 Å². The Morgan fingerprint density at radius 2 is 2.13 bits per heavy atom. The van der Waals surface area contributed by atoms with Gasteiger partial charge < -0.3 is 15.5 Å². The van der Waals surface area contributed by atoms with Crippen LogP contribution in [0.2, 0.25) is 0 Å². The van der Waals surface area contributed by atoms with Gasteiger partial charge in [0.05, 0.1) is 17.5 Å². The SMILES string of the molecule is O=C(NC1CC1)[C@@H]1CNCCN1C(=O)c1cnn2c1CCCC2. The summed E-state index contributed by atoms with van der Waals surface area (Å²) in [6.45, 7) is 2.69. The summed E-state index contributed by atoms with van der Waals surface area (Å²) in [4.78, 5) is 27.2. The molecule has 3 aliphatic rings. The number of hydrogen-bond acceptors (Lipinski definition) is 4. The van der Waals surface area contributed by atoms with Gasteiger partial charge in [-0.05, 0) is 32.1 Å². The van der Waals surface area contributed by atoms with Crippen molar-refractivity contribution < 1.29 is 9.59 Å². The van der Waals surface area contributed by atoms with Gasteiger partial charge in [0.1, 0.15) is 6.04 Å². The van der Waals surface area contributed by atoms with E-state index in [0.29, 0.717) is 24.7 Å². The minimum Gasteiger partial charge on any atom is -0.352 e. The summed E-state index contributed by atoms with van der Waals surface area (Å²) < 4.78 is 1.94. The van der Waals surface area contributed by atoms with E-state index >= 15 is 0 Å². The quantitative estimate of drug-likeness (QED) is 0.817. The van der Waals surface area contributed by atoms with E-state index in [9.17, 15) is 9.59 Å². The predicted octanol–water partition coefficient (Wildman–Crippen LogP) is -0.0880. The highest BCUT2D eigenvalue weighted by atomic mass is 16.2. The van der Waals surface area contributed by atoms with Crippen LogP contribution in [0.25, 0.3) is 0 Å². The molecule has 23 heavy (non-hydrogen) atoms. The number of amides is 2. The van der Waals surface area contributed by atoms with E-state index in [1.165, 1.54) is 0 Å². The smallest absolute Gasteiger partial charge is 0.258 e. The zero-order chi connectivity index (χ0) is 15.8. The van der Waals surface area contributed by atoms with Gasteiger partial charge in [-0.2, -0.15) is 5.10 Å². The van der Waals surface area contributed by atoms with E-state index < -0.39 is 6.04 Å². The topological polar surface area (TPSA) is 79.3 Å². The number of aryl methyl sites for hydroxylation is 1. The van der Waals surface area contributed by atoms with Crippen LogP contribution in [-0.2, 0) is 17.8 Å². The lowest BCUT2D eigenvalue weighted by Crippen LogP contribution is -2.59. The van der Waals surface area contributed by atoms with Crippen LogP contribution in [0.1, 0.15) is 41.7 Å². The molecule has 1 atom stereocenters. The number of aromatic nitrogens is 2. The number of nitrogens with zero attached hydrogens (tertiary/aromatic N) is 3. The molecule has 2 fully saturated rings. The lowest BCUT2D eigenvalue weighted by molar-refractivity contribution is -0.126. The summed E-state index contributed by atoms with van der Waals surface area (Å²) in [5, 5.41) is 10.6. The number of hydrogen-bond donors (Lipinski definition) is 2. The second-order valence-corrected chi connectivity index (χ2v) is 6.69. The summed E-state index contributed by atoms with van der Waals surface area (Å²) in [7, 11) is 0. The molecule has 3 heterocycles. The minimum atomic E-state index is -0.420. The van der Waals surface area contributed by atoms with E-state index in [4.69, 9.17) is 0 Å². The fourth-order valence-electron chi connectivity index (χ4n) is 3.46. The third kappa shape index (κ3) is 2.85. The van der Waals surface area contributed by atoms with Gasteiger partial charge in [0.15, 0.2) is 0 Å². The molecule has 0 unspecified atom stereocenters. The lowest BCUT2D eigenvalue weighted by Gasteiger charge is -2.35. The molecule has 7 nitrogen and oxygen atoms in total. The molecule has 0 spiro atoms. The second kappa shape index (κ2) is 5.96. The first-order chi connectivity index (χ1) is 11.2. The van der Waals surface area contributed by atoms with Crippen LogP contribution in [0.3, 0.4) is 0 Å². The van der Waals surface area contributed by atoms with E-state index in [2.05, 4.69) is 15.7 Å². The van der Waals surface area contributed by atoms with E-state index in [0.717, 1.165) is 50.9 Å². The van der Waals surface area contributed by atoms with Gasteiger partial charge in [0, 0.05) is 32.2 Å². The number of nitrogens with one attached hydrogen (secondary N) is 2. The molecule has 2 amide bonds. The number of piperazine rings is 1. The molecular formula is C16H23N5O2. The molecule has 0 radical (unpaired) electrons. The first-order valence-corrected chi connectivity index (χ1v) is 8.61. The average molecular weight is 317 g/mol. The standard InChI is InChI=1S/C16H23N5O2/c22-15(19-11-4-5-11)14-10-17-6-8-20(14)16(23)12-9-18-21-7-2-1-3-13(12)21/h9,11,14,17H,1-8,10H2,(H,19,22)/t14-/m0/s1. The first-order valence-electron chi connectivity index (χ1n) is 8.61. The molecule has 124 valence electrons. The van der Waals surface area contributed by atoms with Crippen molar-refractivity contribution in [2.45, 2.75) is 50.7 Å². The summed E-state index contributed by atoms with van der Waals surface area (Å²) in [5.41, 5.74) is 1.71. The van der Waals surface area contributed by atoms with Crippen LogP contribution >= 0.6 is 0 Å². The Bertz CT molecular complexity index is 622. The Morgan fingerprint density at radius 3 is 2.96 bits per heavy atom. The Kier molecular flexibility index (Phi) is 3.80. The number of rotatable bonds is 3. The molecule has 2 aliphatic heterocycles. The minimum absolute atomic E-state index is 0.0333. The summed E-state index contributed by atoms with van der Waals surface area (Å²) >= 11 is 0. The molecule has 1 aromatic rings. The van der Waals surface area contributed by atoms with Crippen LogP contribution in [0.15, 0.2) is 6.20 Å². The second-order valence-electron chi connectivity index (χ2n) is 6.69. The van der Waals surface area contributed by atoms with Crippen molar-refractivity contribution in [3.8, 4) is 0 Å². The third-order valence-corrected chi connectivity index (χ3v) is 4.94. The molecular weight excluding hydrogens is 294 g/mol. The lowest BCUT2D eigenvalue weighted by atomic mass is 10.0. The highest BCUT2D eigenvalue weighted by molar-refractivity contribution is 5.98. The van der Waals surface area contributed by atoms with Crippen LogP contribution in [-0.4, -0.2) is 58.2 Å². The summed E-state index contributed by atoms with van der Waals surface area (Å²) in [5.74, 6) is -0.0836. The zero-order valence-corrected chi connectivity index (χ0v) is 13.3. The Balaban J connectivity index is 1.55. The molecule has 0 aromatic carbocycles. The normalized spacial score (nSPS) is 24.2. The Labute approximate surface area is 135 Å². The maximum Gasteiger partial charge on any atom is 0.258 e.